The zero-order valence-corrected chi connectivity index (χ0v) is 7.90. The molecule has 4 heteroatoms. The first-order valence-electron chi connectivity index (χ1n) is 4.04. The Labute approximate surface area is 84.9 Å². The number of aromatic amines is 1. The largest absolute Gasteiger partial charge is 0.358 e. The summed E-state index contributed by atoms with van der Waals surface area (Å²) in [5, 5.41) is 9.56. The summed E-state index contributed by atoms with van der Waals surface area (Å²) in [6.45, 7) is 0. The van der Waals surface area contributed by atoms with Gasteiger partial charge >= 0.3 is 0 Å². The molecule has 2 aromatic rings. The Kier molecular flexibility index (Phi) is 2.14. The molecule has 0 unspecified atom stereocenters. The number of rotatable bonds is 1. The number of H-pyrrole nitrogens is 1. The quantitative estimate of drug-likeness (QED) is 0.769. The van der Waals surface area contributed by atoms with E-state index in [1.165, 1.54) is 6.07 Å². The summed E-state index contributed by atoms with van der Waals surface area (Å²) in [4.78, 5) is 2.78. The Hall–Kier alpha value is -1.53. The molecule has 0 fully saturated rings. The van der Waals surface area contributed by atoms with Crippen LogP contribution in [0.4, 0.5) is 4.39 Å². The smallest absolute Gasteiger partial charge is 0.148 e. The van der Waals surface area contributed by atoms with Crippen molar-refractivity contribution in [3.63, 3.8) is 0 Å². The van der Waals surface area contributed by atoms with Crippen LogP contribution in [0.25, 0.3) is 10.9 Å². The number of hydrogen-bond donors (Lipinski definition) is 1. The number of benzene rings is 1. The van der Waals surface area contributed by atoms with E-state index in [1.54, 1.807) is 12.3 Å². The van der Waals surface area contributed by atoms with E-state index in [0.29, 0.717) is 15.9 Å². The van der Waals surface area contributed by atoms with Gasteiger partial charge in [0.25, 0.3) is 0 Å². The molecule has 0 aliphatic carbocycles. The van der Waals surface area contributed by atoms with Crippen LogP contribution in [0.3, 0.4) is 0 Å². The number of nitriles is 1. The van der Waals surface area contributed by atoms with Crippen molar-refractivity contribution in [2.24, 2.45) is 0 Å². The summed E-state index contributed by atoms with van der Waals surface area (Å²) in [7, 11) is 0. The van der Waals surface area contributed by atoms with Gasteiger partial charge in [0.1, 0.15) is 5.82 Å². The fourth-order valence-corrected chi connectivity index (χ4v) is 1.65. The van der Waals surface area contributed by atoms with Gasteiger partial charge in [0, 0.05) is 16.6 Å². The van der Waals surface area contributed by atoms with Crippen molar-refractivity contribution >= 4 is 22.5 Å². The van der Waals surface area contributed by atoms with Crippen molar-refractivity contribution in [2.75, 3.05) is 0 Å². The van der Waals surface area contributed by atoms with E-state index in [1.807, 2.05) is 6.07 Å². The molecule has 1 heterocycles. The van der Waals surface area contributed by atoms with Gasteiger partial charge in [-0.2, -0.15) is 5.26 Å². The van der Waals surface area contributed by atoms with Crippen molar-refractivity contribution in [1.29, 1.82) is 5.26 Å². The molecule has 2 nitrogen and oxygen atoms in total. The number of fused-ring (bicyclic) bond motifs is 1. The highest BCUT2D eigenvalue weighted by Crippen LogP contribution is 2.25. The fourth-order valence-electron chi connectivity index (χ4n) is 1.44. The zero-order chi connectivity index (χ0) is 10.1. The molecular formula is C10H6ClFN2. The number of aromatic nitrogens is 1. The predicted molar refractivity (Wildman–Crippen MR) is 52.6 cm³/mol. The Morgan fingerprint density at radius 1 is 1.50 bits per heavy atom. The van der Waals surface area contributed by atoms with Crippen LogP contribution in [0.2, 0.25) is 5.02 Å². The number of nitrogens with one attached hydrogen (secondary N) is 1. The molecule has 0 atom stereocenters. The Morgan fingerprint density at radius 2 is 2.29 bits per heavy atom. The summed E-state index contributed by atoms with van der Waals surface area (Å²) >= 11 is 5.72. The highest BCUT2D eigenvalue weighted by atomic mass is 35.5. The van der Waals surface area contributed by atoms with E-state index in [-0.39, 0.29) is 6.42 Å². The predicted octanol–water partition coefficient (Wildman–Crippen LogP) is 3.03. The van der Waals surface area contributed by atoms with Gasteiger partial charge in [-0.25, -0.2) is 4.39 Å². The first-order chi connectivity index (χ1) is 6.72. The molecule has 2 rings (SSSR count). The van der Waals surface area contributed by atoms with Gasteiger partial charge in [0.15, 0.2) is 0 Å². The first-order valence-corrected chi connectivity index (χ1v) is 4.42. The topological polar surface area (TPSA) is 39.6 Å². The molecule has 1 N–H and O–H groups in total. The number of halogens is 2. The van der Waals surface area contributed by atoms with Gasteiger partial charge in [0.2, 0.25) is 0 Å². The summed E-state index contributed by atoms with van der Waals surface area (Å²) in [6, 6.07) is 4.92. The maximum absolute atomic E-state index is 13.3. The van der Waals surface area contributed by atoms with Crippen molar-refractivity contribution in [3.8, 4) is 6.07 Å². The molecule has 0 radical (unpaired) electrons. The lowest BCUT2D eigenvalue weighted by Crippen LogP contribution is -1.80. The second-order valence-corrected chi connectivity index (χ2v) is 3.40. The van der Waals surface area contributed by atoms with E-state index in [9.17, 15) is 4.39 Å². The van der Waals surface area contributed by atoms with Crippen LogP contribution in [0.5, 0.6) is 0 Å². The second-order valence-electron chi connectivity index (χ2n) is 2.96. The average Bonchev–Trinajstić information content (AvgIpc) is 2.49. The third kappa shape index (κ3) is 1.34. The Morgan fingerprint density at radius 3 is 3.00 bits per heavy atom. The standard InChI is InChI=1S/C10H6ClFN2/c11-7-3-8-6(1-2-13)5-14-10(8)9(12)4-7/h3-5,14H,1H2. The van der Waals surface area contributed by atoms with Crippen LogP contribution in [0.15, 0.2) is 18.3 Å². The second kappa shape index (κ2) is 3.32. The zero-order valence-electron chi connectivity index (χ0n) is 7.14. The van der Waals surface area contributed by atoms with E-state index in [4.69, 9.17) is 16.9 Å². The molecule has 0 aliphatic heterocycles. The number of nitrogens with zero attached hydrogens (tertiary/aromatic N) is 1. The lowest BCUT2D eigenvalue weighted by atomic mass is 10.1. The first kappa shape index (κ1) is 9.04. The third-order valence-electron chi connectivity index (χ3n) is 2.06. The van der Waals surface area contributed by atoms with Crippen molar-refractivity contribution in [2.45, 2.75) is 6.42 Å². The van der Waals surface area contributed by atoms with Gasteiger partial charge in [-0.05, 0) is 17.7 Å². The molecule has 1 aromatic heterocycles. The minimum Gasteiger partial charge on any atom is -0.358 e. The van der Waals surface area contributed by atoms with Crippen LogP contribution >= 0.6 is 11.6 Å². The third-order valence-corrected chi connectivity index (χ3v) is 2.28. The van der Waals surface area contributed by atoms with Gasteiger partial charge in [0.05, 0.1) is 18.0 Å². The summed E-state index contributed by atoms with van der Waals surface area (Å²) in [6.07, 6.45) is 1.88. The van der Waals surface area contributed by atoms with Crippen molar-refractivity contribution in [3.05, 3.63) is 34.7 Å². The lowest BCUT2D eigenvalue weighted by Gasteiger charge is -1.95. The van der Waals surface area contributed by atoms with Crippen LogP contribution in [0.1, 0.15) is 5.56 Å². The monoisotopic (exact) mass is 208 g/mol. The van der Waals surface area contributed by atoms with Crippen molar-refractivity contribution < 1.29 is 4.39 Å². The molecule has 14 heavy (non-hydrogen) atoms. The molecule has 1 aromatic carbocycles. The van der Waals surface area contributed by atoms with E-state index in [2.05, 4.69) is 4.98 Å². The van der Waals surface area contributed by atoms with Crippen molar-refractivity contribution in [1.82, 2.24) is 4.98 Å². The number of hydrogen-bond acceptors (Lipinski definition) is 1. The van der Waals surface area contributed by atoms with E-state index >= 15 is 0 Å². The van der Waals surface area contributed by atoms with Crippen LogP contribution in [-0.2, 0) is 6.42 Å². The molecule has 0 bridgehead atoms. The van der Waals surface area contributed by atoms with E-state index in [0.717, 1.165) is 5.56 Å². The maximum Gasteiger partial charge on any atom is 0.148 e. The Bertz CT molecular complexity index is 525. The molecule has 0 saturated carbocycles. The SMILES string of the molecule is N#CCc1c[nH]c2c(F)cc(Cl)cc12. The van der Waals surface area contributed by atoms with Crippen LogP contribution in [0, 0.1) is 17.1 Å². The van der Waals surface area contributed by atoms with Crippen LogP contribution in [-0.4, -0.2) is 4.98 Å². The summed E-state index contributed by atoms with van der Waals surface area (Å²) in [5.74, 6) is -0.392. The summed E-state index contributed by atoms with van der Waals surface area (Å²) < 4.78 is 13.3. The highest BCUT2D eigenvalue weighted by Gasteiger charge is 2.08. The summed E-state index contributed by atoms with van der Waals surface area (Å²) in [5.41, 5.74) is 1.17. The minimum atomic E-state index is -0.392. The maximum atomic E-state index is 13.3. The van der Waals surface area contributed by atoms with Crippen LogP contribution < -0.4 is 0 Å². The van der Waals surface area contributed by atoms with Gasteiger partial charge in [-0.3, -0.25) is 0 Å². The minimum absolute atomic E-state index is 0.250. The molecule has 0 aliphatic rings. The lowest BCUT2D eigenvalue weighted by molar-refractivity contribution is 0.637. The van der Waals surface area contributed by atoms with Gasteiger partial charge in [-0.1, -0.05) is 11.6 Å². The molecule has 0 saturated heterocycles. The average molecular weight is 209 g/mol. The highest BCUT2D eigenvalue weighted by molar-refractivity contribution is 6.31. The normalized spacial score (nSPS) is 10.4. The van der Waals surface area contributed by atoms with Gasteiger partial charge < -0.3 is 4.98 Å². The fraction of sp³-hybridized carbons (Fsp3) is 0.100. The molecule has 70 valence electrons. The molecule has 0 amide bonds. The van der Waals surface area contributed by atoms with Gasteiger partial charge in [-0.15, -0.1) is 0 Å². The Balaban J connectivity index is 2.73. The van der Waals surface area contributed by atoms with E-state index < -0.39 is 5.82 Å². The molecule has 0 spiro atoms. The molecular weight excluding hydrogens is 203 g/mol.